The molecule has 42 heavy (non-hydrogen) atoms. The molecule has 4 atom stereocenters. The number of nitrogens with zero attached hydrogens (tertiary/aromatic N) is 4. The molecular weight excluding hydrogens is 540 g/mol. The lowest BCUT2D eigenvalue weighted by Gasteiger charge is -2.51. The van der Waals surface area contributed by atoms with Gasteiger partial charge in [-0.1, -0.05) is 43.3 Å². The highest BCUT2D eigenvalue weighted by molar-refractivity contribution is 6.09. The summed E-state index contributed by atoms with van der Waals surface area (Å²) in [6, 6.07) is 9.55. The molecule has 11 heteroatoms. The van der Waals surface area contributed by atoms with Crippen LogP contribution in [0.15, 0.2) is 58.4 Å². The Labute approximate surface area is 245 Å². The van der Waals surface area contributed by atoms with E-state index in [0.717, 1.165) is 11.1 Å². The standard InChI is InChI=1S/C31H38N4O7/c1-6-20-21-14-15-22-23(26(37)33(4)25(22)36)24(21)31(18-19-12-10-9-11-13-19)28(32-16-17-40-5)42-30(39)35(31)27(20)41-29(38)34(7-2)8-3/h9-14,22-24H,6-8,15-18H2,1-5H3/t22-,23-,24+,31+/m1/s1. The summed E-state index contributed by atoms with van der Waals surface area (Å²) >= 11 is 0. The van der Waals surface area contributed by atoms with Gasteiger partial charge in [-0.25, -0.2) is 14.5 Å². The van der Waals surface area contributed by atoms with Crippen LogP contribution >= 0.6 is 0 Å². The highest BCUT2D eigenvalue weighted by Crippen LogP contribution is 2.57. The third-order valence-corrected chi connectivity index (χ3v) is 8.87. The highest BCUT2D eigenvalue weighted by atomic mass is 16.6. The van der Waals surface area contributed by atoms with Crippen LogP contribution in [0.25, 0.3) is 0 Å². The molecule has 1 aromatic rings. The molecule has 4 amide bonds. The minimum atomic E-state index is -1.37. The molecule has 3 heterocycles. The third kappa shape index (κ3) is 4.50. The van der Waals surface area contributed by atoms with Gasteiger partial charge in [0.2, 0.25) is 23.6 Å². The van der Waals surface area contributed by atoms with E-state index >= 15 is 0 Å². The zero-order chi connectivity index (χ0) is 30.2. The number of hydrogen-bond donors (Lipinski definition) is 0. The van der Waals surface area contributed by atoms with Crippen molar-refractivity contribution in [3.8, 4) is 0 Å². The molecule has 0 saturated carbocycles. The van der Waals surface area contributed by atoms with Crippen molar-refractivity contribution in [1.82, 2.24) is 14.7 Å². The summed E-state index contributed by atoms with van der Waals surface area (Å²) in [4.78, 5) is 63.3. The van der Waals surface area contributed by atoms with E-state index in [4.69, 9.17) is 19.2 Å². The normalized spacial score (nSPS) is 27.5. The SMILES string of the molecule is CCC1=C(OC(=O)N(CC)CC)N2C(=O)OC(=NCCOC)[C@]2(Cc2ccccc2)[C@H]2C1=CC[C@H]1C(=O)N(C)C(=O)[C@H]12. The second kappa shape index (κ2) is 11.7. The Balaban J connectivity index is 1.80. The van der Waals surface area contributed by atoms with Crippen LogP contribution in [0.5, 0.6) is 0 Å². The number of methoxy groups -OCH3 is 1. The van der Waals surface area contributed by atoms with Crippen molar-refractivity contribution in [3.05, 3.63) is 59.0 Å². The molecule has 0 radical (unpaired) electrons. The fourth-order valence-corrected chi connectivity index (χ4v) is 6.91. The molecule has 0 aromatic heterocycles. The van der Waals surface area contributed by atoms with E-state index in [-0.39, 0.29) is 43.2 Å². The van der Waals surface area contributed by atoms with E-state index in [0.29, 0.717) is 31.5 Å². The lowest BCUT2D eigenvalue weighted by Crippen LogP contribution is -2.63. The predicted octanol–water partition coefficient (Wildman–Crippen LogP) is 3.76. The number of amides is 4. The molecule has 3 aliphatic heterocycles. The number of cyclic esters (lactones) is 1. The van der Waals surface area contributed by atoms with Gasteiger partial charge in [0.05, 0.1) is 25.0 Å². The predicted molar refractivity (Wildman–Crippen MR) is 153 cm³/mol. The van der Waals surface area contributed by atoms with Crippen molar-refractivity contribution in [2.24, 2.45) is 22.7 Å². The summed E-state index contributed by atoms with van der Waals surface area (Å²) in [5, 5.41) is 0. The number of hydrogen-bond acceptors (Lipinski definition) is 8. The molecule has 0 N–H and O–H groups in total. The first-order valence-electron chi connectivity index (χ1n) is 14.6. The summed E-state index contributed by atoms with van der Waals surface area (Å²) in [5.41, 5.74) is 0.899. The smallest absolute Gasteiger partial charge is 0.393 e. The Morgan fingerprint density at radius 2 is 1.83 bits per heavy atom. The Morgan fingerprint density at radius 1 is 1.12 bits per heavy atom. The monoisotopic (exact) mass is 578 g/mol. The topological polar surface area (TPSA) is 118 Å². The Bertz CT molecular complexity index is 1370. The quantitative estimate of drug-likeness (QED) is 0.324. The molecule has 5 rings (SSSR count). The van der Waals surface area contributed by atoms with Gasteiger partial charge in [-0.3, -0.25) is 19.5 Å². The zero-order valence-electron chi connectivity index (χ0n) is 24.8. The van der Waals surface area contributed by atoms with Crippen LogP contribution in [-0.2, 0) is 30.2 Å². The fourth-order valence-electron chi connectivity index (χ4n) is 6.91. The van der Waals surface area contributed by atoms with Gasteiger partial charge in [0.15, 0.2) is 0 Å². The van der Waals surface area contributed by atoms with Crippen LogP contribution in [-0.4, -0.2) is 90.5 Å². The van der Waals surface area contributed by atoms with Gasteiger partial charge in [-0.2, -0.15) is 0 Å². The summed E-state index contributed by atoms with van der Waals surface area (Å²) in [7, 11) is 3.06. The lowest BCUT2D eigenvalue weighted by molar-refractivity contribution is -0.138. The minimum Gasteiger partial charge on any atom is -0.393 e. The molecule has 11 nitrogen and oxygen atoms in total. The molecule has 1 aromatic carbocycles. The van der Waals surface area contributed by atoms with Crippen molar-refractivity contribution in [3.63, 3.8) is 0 Å². The summed E-state index contributed by atoms with van der Waals surface area (Å²) in [5.74, 6) is -2.36. The largest absolute Gasteiger partial charge is 0.424 e. The Hall–Kier alpha value is -3.99. The first-order chi connectivity index (χ1) is 20.2. The van der Waals surface area contributed by atoms with Crippen molar-refractivity contribution in [1.29, 1.82) is 0 Å². The van der Waals surface area contributed by atoms with Gasteiger partial charge in [-0.15, -0.1) is 0 Å². The maximum absolute atomic E-state index is 14.0. The first kappa shape index (κ1) is 29.5. The van der Waals surface area contributed by atoms with Gasteiger partial charge < -0.3 is 19.1 Å². The van der Waals surface area contributed by atoms with Crippen LogP contribution in [0.3, 0.4) is 0 Å². The molecule has 2 fully saturated rings. The minimum absolute atomic E-state index is 0.0818. The number of carbonyl (C=O) groups excluding carboxylic acids is 4. The maximum Gasteiger partial charge on any atom is 0.424 e. The zero-order valence-corrected chi connectivity index (χ0v) is 24.8. The average molecular weight is 579 g/mol. The molecule has 0 bridgehead atoms. The number of ether oxygens (including phenoxy) is 3. The molecule has 4 aliphatic rings. The number of imide groups is 1. The van der Waals surface area contributed by atoms with Gasteiger partial charge >= 0.3 is 12.2 Å². The van der Waals surface area contributed by atoms with Crippen LogP contribution in [0.1, 0.15) is 39.2 Å². The van der Waals surface area contributed by atoms with Gasteiger partial charge in [0.25, 0.3) is 0 Å². The summed E-state index contributed by atoms with van der Waals surface area (Å²) in [6.07, 6.45) is 1.62. The molecule has 0 spiro atoms. The van der Waals surface area contributed by atoms with E-state index in [9.17, 15) is 19.2 Å². The van der Waals surface area contributed by atoms with Gasteiger partial charge in [0, 0.05) is 45.2 Å². The number of allylic oxidation sites excluding steroid dienone is 2. The number of fused-ring (bicyclic) bond motifs is 5. The molecule has 1 aliphatic carbocycles. The first-order valence-corrected chi connectivity index (χ1v) is 14.6. The van der Waals surface area contributed by atoms with Crippen molar-refractivity contribution in [2.75, 3.05) is 40.4 Å². The van der Waals surface area contributed by atoms with Gasteiger partial charge in [0.1, 0.15) is 5.54 Å². The second-order valence-corrected chi connectivity index (χ2v) is 10.9. The lowest BCUT2D eigenvalue weighted by atomic mass is 9.59. The van der Waals surface area contributed by atoms with Crippen molar-refractivity contribution >= 4 is 29.9 Å². The van der Waals surface area contributed by atoms with Crippen LogP contribution in [0, 0.1) is 17.8 Å². The third-order valence-electron chi connectivity index (χ3n) is 8.87. The van der Waals surface area contributed by atoms with E-state index in [1.807, 2.05) is 57.2 Å². The number of likely N-dealkylation sites (tertiary alicyclic amines) is 1. The highest BCUT2D eigenvalue weighted by Gasteiger charge is 2.69. The maximum atomic E-state index is 14.0. The van der Waals surface area contributed by atoms with Gasteiger partial charge in [-0.05, 0) is 37.8 Å². The van der Waals surface area contributed by atoms with Crippen molar-refractivity contribution in [2.45, 2.75) is 45.6 Å². The molecular formula is C31H38N4O7. The van der Waals surface area contributed by atoms with Crippen molar-refractivity contribution < 1.29 is 33.4 Å². The van der Waals surface area contributed by atoms with E-state index in [2.05, 4.69) is 0 Å². The Kier molecular flexibility index (Phi) is 8.23. The molecule has 224 valence electrons. The van der Waals surface area contributed by atoms with E-state index in [1.165, 1.54) is 21.7 Å². The summed E-state index contributed by atoms with van der Waals surface area (Å²) in [6.45, 7) is 6.94. The average Bonchev–Trinajstić information content (AvgIpc) is 3.39. The number of aliphatic imine (C=N–C) groups is 1. The number of benzene rings is 1. The number of rotatable bonds is 9. The van der Waals surface area contributed by atoms with E-state index in [1.54, 1.807) is 7.11 Å². The van der Waals surface area contributed by atoms with Crippen LogP contribution < -0.4 is 0 Å². The molecule has 2 saturated heterocycles. The number of carbonyl (C=O) groups is 4. The Morgan fingerprint density at radius 3 is 2.48 bits per heavy atom. The second-order valence-electron chi connectivity index (χ2n) is 10.9. The fraction of sp³-hybridized carbons (Fsp3) is 0.516. The van der Waals surface area contributed by atoms with E-state index < -0.39 is 35.5 Å². The van der Waals surface area contributed by atoms with Crippen LogP contribution in [0.2, 0.25) is 0 Å². The van der Waals surface area contributed by atoms with Crippen LogP contribution in [0.4, 0.5) is 9.59 Å². The molecule has 0 unspecified atom stereocenters. The summed E-state index contributed by atoms with van der Waals surface area (Å²) < 4.78 is 17.3.